The van der Waals surface area contributed by atoms with Gasteiger partial charge in [-0.1, -0.05) is 0 Å². The summed E-state index contributed by atoms with van der Waals surface area (Å²) in [7, 11) is 0. The van der Waals surface area contributed by atoms with E-state index < -0.39 is 0 Å². The fraction of sp³-hybridized carbons (Fsp3) is 0.556. The average Bonchev–Trinajstić information content (AvgIpc) is 3.08. The molecule has 0 saturated carbocycles. The quantitative estimate of drug-likeness (QED) is 0.814. The molecule has 0 bridgehead atoms. The maximum absolute atomic E-state index is 12.2. The highest BCUT2D eigenvalue weighted by Crippen LogP contribution is 2.17. The number of aromatic nitrogens is 4. The molecule has 3 heterocycles. The highest BCUT2D eigenvalue weighted by molar-refractivity contribution is 5.30. The molecular formula is C18H24N6O. The molecule has 0 atom stereocenters. The molecule has 0 aromatic carbocycles. The highest BCUT2D eigenvalue weighted by atomic mass is 16.1. The zero-order valence-corrected chi connectivity index (χ0v) is 14.7. The van der Waals surface area contributed by atoms with Gasteiger partial charge in [-0.15, -0.1) is 0 Å². The summed E-state index contributed by atoms with van der Waals surface area (Å²) >= 11 is 0. The lowest BCUT2D eigenvalue weighted by atomic mass is 10.2. The fourth-order valence-corrected chi connectivity index (χ4v) is 3.56. The van der Waals surface area contributed by atoms with Crippen LogP contribution in [0.1, 0.15) is 23.2 Å². The van der Waals surface area contributed by atoms with E-state index in [0.717, 1.165) is 74.8 Å². The first-order valence-corrected chi connectivity index (χ1v) is 9.05. The molecule has 1 fully saturated rings. The van der Waals surface area contributed by atoms with Crippen LogP contribution in [0.25, 0.3) is 0 Å². The summed E-state index contributed by atoms with van der Waals surface area (Å²) in [5.41, 5.74) is 3.37. The Bertz CT molecular complexity index is 792. The maximum Gasteiger partial charge on any atom is 0.267 e. The molecule has 0 radical (unpaired) electrons. The Labute approximate surface area is 147 Å². The lowest BCUT2D eigenvalue weighted by Crippen LogP contribution is -2.48. The molecule has 1 aliphatic carbocycles. The van der Waals surface area contributed by atoms with Crippen molar-refractivity contribution < 1.29 is 0 Å². The van der Waals surface area contributed by atoms with Crippen molar-refractivity contribution >= 4 is 5.95 Å². The zero-order valence-electron chi connectivity index (χ0n) is 14.7. The Morgan fingerprint density at radius 1 is 1.04 bits per heavy atom. The van der Waals surface area contributed by atoms with E-state index in [9.17, 15) is 4.79 Å². The van der Waals surface area contributed by atoms with Gasteiger partial charge < -0.3 is 4.90 Å². The highest BCUT2D eigenvalue weighted by Gasteiger charge is 2.19. The Balaban J connectivity index is 1.32. The van der Waals surface area contributed by atoms with E-state index in [4.69, 9.17) is 0 Å². The molecular weight excluding hydrogens is 316 g/mol. The van der Waals surface area contributed by atoms with Gasteiger partial charge in [-0.3, -0.25) is 9.69 Å². The first-order chi connectivity index (χ1) is 12.2. The molecule has 7 heteroatoms. The average molecular weight is 340 g/mol. The van der Waals surface area contributed by atoms with Crippen molar-refractivity contribution in [3.8, 4) is 0 Å². The number of hydrogen-bond donors (Lipinski definition) is 0. The molecule has 1 aliphatic heterocycles. The van der Waals surface area contributed by atoms with Crippen molar-refractivity contribution in [1.82, 2.24) is 24.6 Å². The minimum absolute atomic E-state index is 0.0346. The number of piperazine rings is 1. The molecule has 0 unspecified atom stereocenters. The number of nitrogens with zero attached hydrogens (tertiary/aromatic N) is 6. The molecule has 4 rings (SSSR count). The predicted molar refractivity (Wildman–Crippen MR) is 95.9 cm³/mol. The van der Waals surface area contributed by atoms with Crippen LogP contribution in [0, 0.1) is 6.92 Å². The van der Waals surface area contributed by atoms with Gasteiger partial charge in [0.25, 0.3) is 5.56 Å². The SMILES string of the molecule is Cc1cnc(N2CCN(CCn3nc4c(cc3=O)CCC4)CC2)nc1. The van der Waals surface area contributed by atoms with Crippen molar-refractivity contribution in [3.05, 3.63) is 45.6 Å². The summed E-state index contributed by atoms with van der Waals surface area (Å²) < 4.78 is 1.64. The summed E-state index contributed by atoms with van der Waals surface area (Å²) in [6.07, 6.45) is 6.85. The van der Waals surface area contributed by atoms with Crippen LogP contribution in [0.4, 0.5) is 5.95 Å². The van der Waals surface area contributed by atoms with Crippen LogP contribution in [0.3, 0.4) is 0 Å². The van der Waals surface area contributed by atoms with E-state index in [1.165, 1.54) is 0 Å². The van der Waals surface area contributed by atoms with Crippen LogP contribution < -0.4 is 10.5 Å². The monoisotopic (exact) mass is 340 g/mol. The second kappa shape index (κ2) is 6.92. The minimum Gasteiger partial charge on any atom is -0.338 e. The Hall–Kier alpha value is -2.28. The number of rotatable bonds is 4. The smallest absolute Gasteiger partial charge is 0.267 e. The predicted octanol–water partition coefficient (Wildman–Crippen LogP) is 0.653. The van der Waals surface area contributed by atoms with Crippen LogP contribution in [0.15, 0.2) is 23.3 Å². The number of fused-ring (bicyclic) bond motifs is 1. The maximum atomic E-state index is 12.2. The Morgan fingerprint density at radius 2 is 1.80 bits per heavy atom. The zero-order chi connectivity index (χ0) is 17.2. The third-order valence-corrected chi connectivity index (χ3v) is 5.07. The van der Waals surface area contributed by atoms with E-state index in [1.807, 2.05) is 19.3 Å². The van der Waals surface area contributed by atoms with E-state index in [-0.39, 0.29) is 5.56 Å². The number of hydrogen-bond acceptors (Lipinski definition) is 6. The Morgan fingerprint density at radius 3 is 2.56 bits per heavy atom. The summed E-state index contributed by atoms with van der Waals surface area (Å²) in [6.45, 7) is 7.25. The summed E-state index contributed by atoms with van der Waals surface area (Å²) in [4.78, 5) is 25.6. The lowest BCUT2D eigenvalue weighted by molar-refractivity contribution is 0.241. The second-order valence-electron chi connectivity index (χ2n) is 6.92. The molecule has 25 heavy (non-hydrogen) atoms. The number of anilines is 1. The van der Waals surface area contributed by atoms with E-state index >= 15 is 0 Å². The first kappa shape index (κ1) is 16.2. The van der Waals surface area contributed by atoms with Crippen LogP contribution in [-0.4, -0.2) is 57.4 Å². The molecule has 132 valence electrons. The van der Waals surface area contributed by atoms with Crippen molar-refractivity contribution in [1.29, 1.82) is 0 Å². The number of aryl methyl sites for hydroxylation is 3. The molecule has 0 amide bonds. The normalized spacial score (nSPS) is 17.7. The molecule has 2 aliphatic rings. The van der Waals surface area contributed by atoms with Gasteiger partial charge in [0.05, 0.1) is 12.2 Å². The van der Waals surface area contributed by atoms with E-state index in [0.29, 0.717) is 6.54 Å². The van der Waals surface area contributed by atoms with Gasteiger partial charge in [-0.05, 0) is 37.3 Å². The van der Waals surface area contributed by atoms with E-state index in [2.05, 4.69) is 24.9 Å². The third kappa shape index (κ3) is 3.56. The van der Waals surface area contributed by atoms with Crippen molar-refractivity contribution in [2.24, 2.45) is 0 Å². The molecule has 1 saturated heterocycles. The molecule has 2 aromatic heterocycles. The van der Waals surface area contributed by atoms with Gasteiger partial charge in [0.1, 0.15) is 0 Å². The third-order valence-electron chi connectivity index (χ3n) is 5.07. The summed E-state index contributed by atoms with van der Waals surface area (Å²) in [5, 5.41) is 4.56. The van der Waals surface area contributed by atoms with Crippen molar-refractivity contribution in [3.63, 3.8) is 0 Å². The van der Waals surface area contributed by atoms with Gasteiger partial charge in [0.2, 0.25) is 5.95 Å². The second-order valence-corrected chi connectivity index (χ2v) is 6.92. The Kier molecular flexibility index (Phi) is 4.48. The van der Waals surface area contributed by atoms with Gasteiger partial charge in [0.15, 0.2) is 0 Å². The summed E-state index contributed by atoms with van der Waals surface area (Å²) in [6, 6.07) is 1.78. The van der Waals surface area contributed by atoms with Crippen LogP contribution in [-0.2, 0) is 19.4 Å². The lowest BCUT2D eigenvalue weighted by Gasteiger charge is -2.34. The van der Waals surface area contributed by atoms with E-state index in [1.54, 1.807) is 10.7 Å². The fourth-order valence-electron chi connectivity index (χ4n) is 3.56. The standard InChI is InChI=1S/C18H24N6O/c1-14-12-19-18(20-13-14)23-8-5-22(6-9-23)7-10-24-17(25)11-15-3-2-4-16(15)21-24/h11-13H,2-10H2,1H3. The molecule has 0 N–H and O–H groups in total. The first-order valence-electron chi connectivity index (χ1n) is 9.05. The molecule has 7 nitrogen and oxygen atoms in total. The summed E-state index contributed by atoms with van der Waals surface area (Å²) in [5.74, 6) is 0.807. The van der Waals surface area contributed by atoms with Crippen molar-refractivity contribution in [2.75, 3.05) is 37.6 Å². The van der Waals surface area contributed by atoms with Gasteiger partial charge >= 0.3 is 0 Å². The van der Waals surface area contributed by atoms with Gasteiger partial charge in [0, 0.05) is 51.2 Å². The van der Waals surface area contributed by atoms with Crippen LogP contribution in [0.2, 0.25) is 0 Å². The van der Waals surface area contributed by atoms with Crippen LogP contribution >= 0.6 is 0 Å². The van der Waals surface area contributed by atoms with Crippen molar-refractivity contribution in [2.45, 2.75) is 32.7 Å². The molecule has 2 aromatic rings. The topological polar surface area (TPSA) is 67.2 Å². The van der Waals surface area contributed by atoms with Crippen LogP contribution in [0.5, 0.6) is 0 Å². The molecule has 0 spiro atoms. The van der Waals surface area contributed by atoms with Gasteiger partial charge in [-0.25, -0.2) is 14.6 Å². The minimum atomic E-state index is 0.0346. The van der Waals surface area contributed by atoms with Gasteiger partial charge in [-0.2, -0.15) is 5.10 Å². The largest absolute Gasteiger partial charge is 0.338 e.